The molecule has 3 aromatic rings. The van der Waals surface area contributed by atoms with Gasteiger partial charge in [-0.1, -0.05) is 29.4 Å². The Bertz CT molecular complexity index is 970. The van der Waals surface area contributed by atoms with Crippen molar-refractivity contribution in [1.29, 1.82) is 0 Å². The molecule has 0 bridgehead atoms. The van der Waals surface area contributed by atoms with E-state index in [1.807, 2.05) is 0 Å². The lowest BCUT2D eigenvalue weighted by molar-refractivity contribution is 0.102. The quantitative estimate of drug-likeness (QED) is 0.758. The van der Waals surface area contributed by atoms with Gasteiger partial charge < -0.3 is 9.84 Å². The molecule has 1 N–H and O–H groups in total. The molecule has 0 aliphatic heterocycles. The minimum absolute atomic E-state index is 0.176. The minimum atomic E-state index is -3.71. The van der Waals surface area contributed by atoms with Gasteiger partial charge >= 0.3 is 0 Å². The van der Waals surface area contributed by atoms with Crippen LogP contribution in [0.4, 0.5) is 11.5 Å². The lowest BCUT2D eigenvalue weighted by atomic mass is 10.2. The van der Waals surface area contributed by atoms with Gasteiger partial charge in [0.05, 0.1) is 10.6 Å². The molecule has 0 atom stereocenters. The van der Waals surface area contributed by atoms with Gasteiger partial charge in [-0.2, -0.15) is 0 Å². The summed E-state index contributed by atoms with van der Waals surface area (Å²) in [5.41, 5.74) is 0.673. The highest BCUT2D eigenvalue weighted by Crippen LogP contribution is 2.23. The molecule has 0 saturated heterocycles. The van der Waals surface area contributed by atoms with Crippen LogP contribution in [-0.2, 0) is 10.0 Å². The van der Waals surface area contributed by atoms with Gasteiger partial charge in [-0.05, 0) is 30.3 Å². The Balaban J connectivity index is 1.87. The Morgan fingerprint density at radius 3 is 2.52 bits per heavy atom. The van der Waals surface area contributed by atoms with Crippen molar-refractivity contribution in [1.82, 2.24) is 5.16 Å². The SMILES string of the molecule is CN(c1cccc(C(=O)Nc2ccon2)c1)S(=O)(=O)c1ccccc1. The van der Waals surface area contributed by atoms with Crippen LogP contribution < -0.4 is 9.62 Å². The van der Waals surface area contributed by atoms with Crippen molar-refractivity contribution < 1.29 is 17.7 Å². The first-order valence-corrected chi connectivity index (χ1v) is 8.78. The van der Waals surface area contributed by atoms with Crippen molar-refractivity contribution in [2.75, 3.05) is 16.7 Å². The molecule has 0 fully saturated rings. The number of hydrogen-bond acceptors (Lipinski definition) is 5. The first-order chi connectivity index (χ1) is 12.0. The zero-order chi connectivity index (χ0) is 17.9. The van der Waals surface area contributed by atoms with E-state index in [0.29, 0.717) is 11.3 Å². The highest BCUT2D eigenvalue weighted by molar-refractivity contribution is 7.92. The number of sulfonamides is 1. The third-order valence-electron chi connectivity index (χ3n) is 3.55. The molecule has 0 radical (unpaired) electrons. The van der Waals surface area contributed by atoms with Gasteiger partial charge in [0, 0.05) is 18.7 Å². The maximum absolute atomic E-state index is 12.7. The van der Waals surface area contributed by atoms with E-state index in [2.05, 4.69) is 15.0 Å². The van der Waals surface area contributed by atoms with Crippen molar-refractivity contribution in [2.45, 2.75) is 4.90 Å². The smallest absolute Gasteiger partial charge is 0.264 e. The second-order valence-corrected chi connectivity index (χ2v) is 7.14. The lowest BCUT2D eigenvalue weighted by Gasteiger charge is -2.20. The number of benzene rings is 2. The fourth-order valence-corrected chi connectivity index (χ4v) is 3.41. The maximum atomic E-state index is 12.7. The van der Waals surface area contributed by atoms with Crippen molar-refractivity contribution in [3.05, 3.63) is 72.5 Å². The van der Waals surface area contributed by atoms with E-state index in [9.17, 15) is 13.2 Å². The van der Waals surface area contributed by atoms with E-state index in [1.54, 1.807) is 36.4 Å². The Kier molecular flexibility index (Phi) is 4.53. The summed E-state index contributed by atoms with van der Waals surface area (Å²) >= 11 is 0. The molecule has 25 heavy (non-hydrogen) atoms. The van der Waals surface area contributed by atoms with Gasteiger partial charge in [-0.15, -0.1) is 0 Å². The number of rotatable bonds is 5. The molecule has 0 aliphatic carbocycles. The van der Waals surface area contributed by atoms with Crippen LogP contribution in [0.1, 0.15) is 10.4 Å². The highest BCUT2D eigenvalue weighted by Gasteiger charge is 2.21. The predicted octanol–water partition coefficient (Wildman–Crippen LogP) is 2.75. The molecule has 2 aromatic carbocycles. The topological polar surface area (TPSA) is 92.5 Å². The third-order valence-corrected chi connectivity index (χ3v) is 5.35. The number of hydrogen-bond donors (Lipinski definition) is 1. The molecular formula is C17H15N3O4S. The normalized spacial score (nSPS) is 11.1. The molecule has 1 amide bonds. The van der Waals surface area contributed by atoms with Crippen LogP contribution in [0.15, 0.2) is 76.3 Å². The fourth-order valence-electron chi connectivity index (χ4n) is 2.20. The third kappa shape index (κ3) is 3.53. The number of anilines is 2. The molecule has 3 rings (SSSR count). The van der Waals surface area contributed by atoms with Crippen molar-refractivity contribution >= 4 is 27.4 Å². The lowest BCUT2D eigenvalue weighted by Crippen LogP contribution is -2.26. The summed E-state index contributed by atoms with van der Waals surface area (Å²) in [6.45, 7) is 0. The summed E-state index contributed by atoms with van der Waals surface area (Å²) < 4.78 is 31.1. The average Bonchev–Trinajstić information content (AvgIpc) is 3.15. The van der Waals surface area contributed by atoms with Crippen LogP contribution >= 0.6 is 0 Å². The molecule has 8 heteroatoms. The Hall–Kier alpha value is -3.13. The number of aromatic nitrogens is 1. The zero-order valence-electron chi connectivity index (χ0n) is 13.3. The summed E-state index contributed by atoms with van der Waals surface area (Å²) in [5.74, 6) is -0.137. The standard InChI is InChI=1S/C17H15N3O4S/c1-20(25(22,23)15-8-3-2-4-9-15)14-7-5-6-13(12-14)17(21)18-16-10-11-24-19-16/h2-12H,1H3,(H,18,19,21). The summed E-state index contributed by atoms with van der Waals surface area (Å²) in [6.07, 6.45) is 1.34. The number of carbonyl (C=O) groups is 1. The Labute approximate surface area is 144 Å². The highest BCUT2D eigenvalue weighted by atomic mass is 32.2. The fraction of sp³-hybridized carbons (Fsp3) is 0.0588. The van der Waals surface area contributed by atoms with Gasteiger partial charge in [0.1, 0.15) is 6.26 Å². The van der Waals surface area contributed by atoms with E-state index in [4.69, 9.17) is 0 Å². The van der Waals surface area contributed by atoms with E-state index in [0.717, 1.165) is 4.31 Å². The van der Waals surface area contributed by atoms with Gasteiger partial charge in [0.15, 0.2) is 5.82 Å². The number of carbonyl (C=O) groups excluding carboxylic acids is 1. The Morgan fingerprint density at radius 1 is 1.08 bits per heavy atom. The summed E-state index contributed by atoms with van der Waals surface area (Å²) in [4.78, 5) is 12.4. The van der Waals surface area contributed by atoms with Crippen LogP contribution in [0, 0.1) is 0 Å². The first-order valence-electron chi connectivity index (χ1n) is 7.34. The van der Waals surface area contributed by atoms with Gasteiger partial charge in [-0.3, -0.25) is 9.10 Å². The zero-order valence-corrected chi connectivity index (χ0v) is 14.1. The molecular weight excluding hydrogens is 342 g/mol. The number of amides is 1. The average molecular weight is 357 g/mol. The van der Waals surface area contributed by atoms with Gasteiger partial charge in [0.2, 0.25) is 0 Å². The minimum Gasteiger partial charge on any atom is -0.363 e. The van der Waals surface area contributed by atoms with E-state index in [-0.39, 0.29) is 10.7 Å². The molecule has 0 aliphatic rings. The predicted molar refractivity (Wildman–Crippen MR) is 92.9 cm³/mol. The van der Waals surface area contributed by atoms with Crippen molar-refractivity contribution in [2.24, 2.45) is 0 Å². The molecule has 0 spiro atoms. The van der Waals surface area contributed by atoms with Crippen LogP contribution in [0.2, 0.25) is 0 Å². The first kappa shape index (κ1) is 16.7. The van der Waals surface area contributed by atoms with Crippen molar-refractivity contribution in [3.8, 4) is 0 Å². The van der Waals surface area contributed by atoms with Gasteiger partial charge in [-0.25, -0.2) is 8.42 Å². The molecule has 128 valence electrons. The van der Waals surface area contributed by atoms with Gasteiger partial charge in [0.25, 0.3) is 15.9 Å². The van der Waals surface area contributed by atoms with E-state index >= 15 is 0 Å². The Morgan fingerprint density at radius 2 is 1.84 bits per heavy atom. The molecule has 7 nitrogen and oxygen atoms in total. The largest absolute Gasteiger partial charge is 0.363 e. The molecule has 0 unspecified atom stereocenters. The summed E-state index contributed by atoms with van der Waals surface area (Å²) in [5, 5.41) is 6.17. The maximum Gasteiger partial charge on any atom is 0.264 e. The molecule has 1 aromatic heterocycles. The van der Waals surface area contributed by atoms with E-state index in [1.165, 1.54) is 37.6 Å². The number of nitrogens with zero attached hydrogens (tertiary/aromatic N) is 2. The second kappa shape index (κ2) is 6.78. The van der Waals surface area contributed by atoms with Crippen LogP contribution in [-0.4, -0.2) is 26.5 Å². The molecule has 1 heterocycles. The molecule has 0 saturated carbocycles. The van der Waals surface area contributed by atoms with Crippen molar-refractivity contribution in [3.63, 3.8) is 0 Å². The second-order valence-electron chi connectivity index (χ2n) is 5.17. The van der Waals surface area contributed by atoms with Crippen LogP contribution in [0.25, 0.3) is 0 Å². The summed E-state index contributed by atoms with van der Waals surface area (Å²) in [6, 6.07) is 15.9. The van der Waals surface area contributed by atoms with Crippen LogP contribution in [0.3, 0.4) is 0 Å². The monoisotopic (exact) mass is 357 g/mol. The van der Waals surface area contributed by atoms with Crippen LogP contribution in [0.5, 0.6) is 0 Å². The summed E-state index contributed by atoms with van der Waals surface area (Å²) in [7, 11) is -2.27. The number of nitrogens with one attached hydrogen (secondary N) is 1. The van der Waals surface area contributed by atoms with E-state index < -0.39 is 15.9 Å².